The molecule has 0 fully saturated rings. The lowest BCUT2D eigenvalue weighted by Crippen LogP contribution is -2.32. The molecule has 0 heterocycles. The van der Waals surface area contributed by atoms with Gasteiger partial charge < -0.3 is 10.6 Å². The predicted molar refractivity (Wildman–Crippen MR) is 48.8 cm³/mol. The van der Waals surface area contributed by atoms with Crippen LogP contribution in [-0.4, -0.2) is 19.5 Å². The normalized spacial score (nSPS) is 10.0. The highest BCUT2D eigenvalue weighted by Gasteiger charge is 2.10. The number of halogens is 2. The van der Waals surface area contributed by atoms with Gasteiger partial charge in [0, 0.05) is 18.8 Å². The number of nitrogens with zero attached hydrogens (tertiary/aromatic N) is 1. The number of carbonyl (C=O) groups excluding carboxylic acids is 1. The molecule has 0 spiro atoms. The topological polar surface area (TPSA) is 46.3 Å². The smallest absolute Gasteiger partial charge is 0.240 e. The lowest BCUT2D eigenvalue weighted by molar-refractivity contribution is -0.117. The van der Waals surface area contributed by atoms with Crippen LogP contribution in [0.3, 0.4) is 0 Å². The summed E-state index contributed by atoms with van der Waals surface area (Å²) in [6.07, 6.45) is 0. The van der Waals surface area contributed by atoms with Crippen LogP contribution >= 0.6 is 0 Å². The zero-order valence-corrected chi connectivity index (χ0v) is 7.63. The number of anilines is 1. The molecule has 3 nitrogen and oxygen atoms in total. The molecule has 0 unspecified atom stereocenters. The second-order valence-electron chi connectivity index (χ2n) is 2.76. The van der Waals surface area contributed by atoms with E-state index in [0.717, 1.165) is 12.1 Å². The number of hydrogen-bond donors (Lipinski definition) is 1. The van der Waals surface area contributed by atoms with Crippen LogP contribution in [-0.2, 0) is 4.79 Å². The average molecular weight is 200 g/mol. The summed E-state index contributed by atoms with van der Waals surface area (Å²) in [4.78, 5) is 12.3. The number of rotatable bonds is 2. The van der Waals surface area contributed by atoms with Crippen molar-refractivity contribution < 1.29 is 13.6 Å². The summed E-state index contributed by atoms with van der Waals surface area (Å²) in [6.45, 7) is -0.171. The minimum absolute atomic E-state index is 0.171. The highest BCUT2D eigenvalue weighted by Crippen LogP contribution is 2.16. The molecule has 1 amide bonds. The number of amides is 1. The quantitative estimate of drug-likeness (QED) is 0.770. The van der Waals surface area contributed by atoms with Crippen molar-refractivity contribution in [2.45, 2.75) is 0 Å². The van der Waals surface area contributed by atoms with E-state index in [-0.39, 0.29) is 18.1 Å². The Bertz CT molecular complexity index is 355. The lowest BCUT2D eigenvalue weighted by Gasteiger charge is -2.16. The van der Waals surface area contributed by atoms with Gasteiger partial charge in [0.25, 0.3) is 0 Å². The molecule has 14 heavy (non-hydrogen) atoms. The van der Waals surface area contributed by atoms with E-state index in [0.29, 0.717) is 0 Å². The highest BCUT2D eigenvalue weighted by molar-refractivity contribution is 5.94. The van der Waals surface area contributed by atoms with Crippen molar-refractivity contribution >= 4 is 11.6 Å². The molecule has 0 radical (unpaired) electrons. The number of carbonyl (C=O) groups is 1. The van der Waals surface area contributed by atoms with E-state index in [4.69, 9.17) is 5.73 Å². The summed E-state index contributed by atoms with van der Waals surface area (Å²) < 4.78 is 25.3. The Balaban J connectivity index is 2.96. The molecule has 1 aromatic carbocycles. The van der Waals surface area contributed by atoms with Crippen molar-refractivity contribution in [1.29, 1.82) is 0 Å². The van der Waals surface area contributed by atoms with Gasteiger partial charge in [-0.05, 0) is 12.1 Å². The number of benzene rings is 1. The summed E-state index contributed by atoms with van der Waals surface area (Å²) in [5, 5.41) is 0. The molecule has 1 aromatic rings. The van der Waals surface area contributed by atoms with E-state index in [9.17, 15) is 13.6 Å². The van der Waals surface area contributed by atoms with E-state index in [2.05, 4.69) is 0 Å². The van der Waals surface area contributed by atoms with Crippen LogP contribution in [0.25, 0.3) is 0 Å². The Hall–Kier alpha value is -1.49. The van der Waals surface area contributed by atoms with Gasteiger partial charge in [-0.3, -0.25) is 4.79 Å². The van der Waals surface area contributed by atoms with Gasteiger partial charge in [0.2, 0.25) is 5.91 Å². The first kappa shape index (κ1) is 10.6. The SMILES string of the molecule is CN(C(=O)CN)c1ccc(F)c(F)c1. The third kappa shape index (κ3) is 2.05. The van der Waals surface area contributed by atoms with Crippen molar-refractivity contribution in [3.63, 3.8) is 0 Å². The number of likely N-dealkylation sites (N-methyl/N-ethyl adjacent to an activating group) is 1. The molecule has 0 aromatic heterocycles. The summed E-state index contributed by atoms with van der Waals surface area (Å²) in [7, 11) is 1.45. The summed E-state index contributed by atoms with van der Waals surface area (Å²) in [6, 6.07) is 3.22. The van der Waals surface area contributed by atoms with Crippen molar-refractivity contribution in [2.75, 3.05) is 18.5 Å². The summed E-state index contributed by atoms with van der Waals surface area (Å²) in [5.41, 5.74) is 5.40. The molecule has 0 aliphatic carbocycles. The first-order valence-electron chi connectivity index (χ1n) is 3.98. The third-order valence-electron chi connectivity index (χ3n) is 1.84. The molecule has 0 aliphatic heterocycles. The van der Waals surface area contributed by atoms with Crippen molar-refractivity contribution in [2.24, 2.45) is 5.73 Å². The molecule has 1 rings (SSSR count). The molecular formula is C9H10F2N2O. The molecule has 2 N–H and O–H groups in total. The molecule has 0 atom stereocenters. The average Bonchev–Trinajstić information content (AvgIpc) is 2.20. The maximum Gasteiger partial charge on any atom is 0.240 e. The number of hydrogen-bond acceptors (Lipinski definition) is 2. The first-order chi connectivity index (χ1) is 6.56. The van der Waals surface area contributed by atoms with Crippen LogP contribution in [0, 0.1) is 11.6 Å². The fraction of sp³-hybridized carbons (Fsp3) is 0.222. The number of nitrogens with two attached hydrogens (primary N) is 1. The van der Waals surface area contributed by atoms with Gasteiger partial charge in [0.15, 0.2) is 11.6 Å². The van der Waals surface area contributed by atoms with Crippen LogP contribution in [0.2, 0.25) is 0 Å². The Morgan fingerprint density at radius 2 is 2.07 bits per heavy atom. The standard InChI is InChI=1S/C9H10F2N2O/c1-13(9(14)5-12)6-2-3-7(10)8(11)4-6/h2-4H,5,12H2,1H3. The Morgan fingerprint density at radius 1 is 1.43 bits per heavy atom. The molecule has 0 bridgehead atoms. The van der Waals surface area contributed by atoms with E-state index in [1.165, 1.54) is 18.0 Å². The van der Waals surface area contributed by atoms with Gasteiger partial charge in [0.1, 0.15) is 0 Å². The van der Waals surface area contributed by atoms with Gasteiger partial charge in [0.05, 0.1) is 6.54 Å². The fourth-order valence-corrected chi connectivity index (χ4v) is 0.975. The Morgan fingerprint density at radius 3 is 2.57 bits per heavy atom. The maximum atomic E-state index is 12.8. The monoisotopic (exact) mass is 200 g/mol. The lowest BCUT2D eigenvalue weighted by atomic mass is 10.2. The third-order valence-corrected chi connectivity index (χ3v) is 1.84. The Kier molecular flexibility index (Phi) is 3.14. The van der Waals surface area contributed by atoms with E-state index >= 15 is 0 Å². The molecule has 0 saturated heterocycles. The van der Waals surface area contributed by atoms with Gasteiger partial charge in [-0.2, -0.15) is 0 Å². The second kappa shape index (κ2) is 4.15. The molecule has 5 heteroatoms. The Labute approximate surface area is 80.1 Å². The van der Waals surface area contributed by atoms with Crippen LogP contribution in [0.5, 0.6) is 0 Å². The zero-order valence-electron chi connectivity index (χ0n) is 7.63. The molecule has 0 saturated carbocycles. The van der Waals surface area contributed by atoms with E-state index in [1.807, 2.05) is 0 Å². The maximum absolute atomic E-state index is 12.8. The van der Waals surface area contributed by atoms with Crippen LogP contribution in [0.4, 0.5) is 14.5 Å². The van der Waals surface area contributed by atoms with Crippen LogP contribution < -0.4 is 10.6 Å². The van der Waals surface area contributed by atoms with Gasteiger partial charge >= 0.3 is 0 Å². The largest absolute Gasteiger partial charge is 0.322 e. The van der Waals surface area contributed by atoms with Crippen molar-refractivity contribution in [1.82, 2.24) is 0 Å². The minimum atomic E-state index is -0.987. The highest BCUT2D eigenvalue weighted by atomic mass is 19.2. The first-order valence-corrected chi connectivity index (χ1v) is 3.98. The summed E-state index contributed by atoms with van der Waals surface area (Å²) >= 11 is 0. The van der Waals surface area contributed by atoms with Gasteiger partial charge in [-0.25, -0.2) is 8.78 Å². The van der Waals surface area contributed by atoms with E-state index in [1.54, 1.807) is 0 Å². The second-order valence-corrected chi connectivity index (χ2v) is 2.76. The molecule has 76 valence electrons. The van der Waals surface area contributed by atoms with Crippen molar-refractivity contribution in [3.8, 4) is 0 Å². The van der Waals surface area contributed by atoms with Gasteiger partial charge in [-0.1, -0.05) is 0 Å². The molecule has 0 aliphatic rings. The van der Waals surface area contributed by atoms with Crippen LogP contribution in [0.1, 0.15) is 0 Å². The minimum Gasteiger partial charge on any atom is -0.322 e. The van der Waals surface area contributed by atoms with Crippen molar-refractivity contribution in [3.05, 3.63) is 29.8 Å². The van der Waals surface area contributed by atoms with Crippen LogP contribution in [0.15, 0.2) is 18.2 Å². The molecular weight excluding hydrogens is 190 g/mol. The predicted octanol–water partition coefficient (Wildman–Crippen LogP) is 0.886. The fourth-order valence-electron chi connectivity index (χ4n) is 0.975. The summed E-state index contributed by atoms with van der Waals surface area (Å²) in [5.74, 6) is -2.29. The zero-order chi connectivity index (χ0) is 10.7. The van der Waals surface area contributed by atoms with E-state index < -0.39 is 11.6 Å². The van der Waals surface area contributed by atoms with Gasteiger partial charge in [-0.15, -0.1) is 0 Å².